The number of carbonyl (C=O) groups excluding carboxylic acids is 1. The van der Waals surface area contributed by atoms with Crippen LogP contribution in [0.4, 0.5) is 0 Å². The molecule has 0 atom stereocenters. The molecular formula is C23H19N3O3. The van der Waals surface area contributed by atoms with Gasteiger partial charge in [0, 0.05) is 42.3 Å². The summed E-state index contributed by atoms with van der Waals surface area (Å²) in [5.74, 6) is 1.13. The second-order valence-corrected chi connectivity index (χ2v) is 7.07. The predicted octanol–water partition coefficient (Wildman–Crippen LogP) is 4.00. The molecule has 1 amide bonds. The maximum atomic E-state index is 12.8. The first-order chi connectivity index (χ1) is 14.3. The van der Waals surface area contributed by atoms with E-state index in [0.717, 1.165) is 22.9 Å². The van der Waals surface area contributed by atoms with Crippen LogP contribution in [0.2, 0.25) is 0 Å². The SMILES string of the molecule is O=C(c1cc(COc2cccc3cnccc23)on1)N1CCc2ccccc2C1. The number of benzene rings is 2. The lowest BCUT2D eigenvalue weighted by molar-refractivity contribution is 0.0724. The first kappa shape index (κ1) is 17.4. The molecule has 0 spiro atoms. The van der Waals surface area contributed by atoms with Crippen LogP contribution in [0, 0.1) is 0 Å². The van der Waals surface area contributed by atoms with Crippen molar-refractivity contribution in [1.29, 1.82) is 0 Å². The van der Waals surface area contributed by atoms with Crippen LogP contribution in [0.1, 0.15) is 27.4 Å². The second-order valence-electron chi connectivity index (χ2n) is 7.07. The molecule has 0 bridgehead atoms. The smallest absolute Gasteiger partial charge is 0.276 e. The van der Waals surface area contributed by atoms with Crippen molar-refractivity contribution in [3.63, 3.8) is 0 Å². The minimum atomic E-state index is -0.120. The number of nitrogens with zero attached hydrogens (tertiary/aromatic N) is 3. The van der Waals surface area contributed by atoms with Crippen molar-refractivity contribution in [3.8, 4) is 5.75 Å². The number of rotatable bonds is 4. The van der Waals surface area contributed by atoms with Crippen LogP contribution in [0.3, 0.4) is 0 Å². The first-order valence-electron chi connectivity index (χ1n) is 9.55. The molecule has 0 saturated carbocycles. The second kappa shape index (κ2) is 7.39. The Morgan fingerprint density at radius 3 is 2.93 bits per heavy atom. The molecule has 0 radical (unpaired) electrons. The number of ether oxygens (including phenoxy) is 1. The summed E-state index contributed by atoms with van der Waals surface area (Å²) in [6.45, 7) is 1.47. The van der Waals surface area contributed by atoms with E-state index in [0.29, 0.717) is 24.5 Å². The van der Waals surface area contributed by atoms with Crippen LogP contribution in [-0.4, -0.2) is 27.5 Å². The summed E-state index contributed by atoms with van der Waals surface area (Å²) < 4.78 is 11.2. The first-order valence-corrected chi connectivity index (χ1v) is 9.55. The summed E-state index contributed by atoms with van der Waals surface area (Å²) in [5.41, 5.74) is 2.80. The topological polar surface area (TPSA) is 68.5 Å². The highest BCUT2D eigenvalue weighted by Crippen LogP contribution is 2.25. The number of aromatic nitrogens is 2. The van der Waals surface area contributed by atoms with Gasteiger partial charge in [0.2, 0.25) is 0 Å². The zero-order valence-corrected chi connectivity index (χ0v) is 15.7. The molecular weight excluding hydrogens is 366 g/mol. The number of hydrogen-bond acceptors (Lipinski definition) is 5. The molecule has 6 heteroatoms. The highest BCUT2D eigenvalue weighted by atomic mass is 16.5. The fraction of sp³-hybridized carbons (Fsp3) is 0.174. The van der Waals surface area contributed by atoms with Gasteiger partial charge in [0.15, 0.2) is 11.5 Å². The average molecular weight is 385 g/mol. The third-order valence-corrected chi connectivity index (χ3v) is 5.21. The maximum Gasteiger partial charge on any atom is 0.276 e. The van der Waals surface area contributed by atoms with Gasteiger partial charge in [-0.05, 0) is 29.7 Å². The summed E-state index contributed by atoms with van der Waals surface area (Å²) >= 11 is 0. The molecule has 3 heterocycles. The van der Waals surface area contributed by atoms with Crippen LogP contribution in [-0.2, 0) is 19.6 Å². The van der Waals surface area contributed by atoms with E-state index < -0.39 is 0 Å². The molecule has 0 saturated heterocycles. The number of amides is 1. The lowest BCUT2D eigenvalue weighted by Crippen LogP contribution is -2.36. The fourth-order valence-corrected chi connectivity index (χ4v) is 3.68. The molecule has 144 valence electrons. The standard InChI is InChI=1S/C23H19N3O3/c27-23(26-11-9-16-4-1-2-5-18(16)14-26)21-12-19(29-25-21)15-28-22-7-3-6-17-13-24-10-8-20(17)22/h1-8,10,12-13H,9,11,14-15H2. The Bertz CT molecular complexity index is 1180. The van der Waals surface area contributed by atoms with Gasteiger partial charge in [0.1, 0.15) is 12.4 Å². The van der Waals surface area contributed by atoms with Crippen LogP contribution in [0.25, 0.3) is 10.8 Å². The normalized spacial score (nSPS) is 13.3. The molecule has 2 aromatic carbocycles. The third-order valence-electron chi connectivity index (χ3n) is 5.21. The van der Waals surface area contributed by atoms with E-state index in [1.165, 1.54) is 11.1 Å². The summed E-state index contributed by atoms with van der Waals surface area (Å²) in [4.78, 5) is 18.8. The lowest BCUT2D eigenvalue weighted by Gasteiger charge is -2.28. The van der Waals surface area contributed by atoms with Gasteiger partial charge in [-0.2, -0.15) is 0 Å². The monoisotopic (exact) mass is 385 g/mol. The van der Waals surface area contributed by atoms with Crippen LogP contribution >= 0.6 is 0 Å². The Kier molecular flexibility index (Phi) is 4.44. The summed E-state index contributed by atoms with van der Waals surface area (Å²) in [6.07, 6.45) is 4.38. The summed E-state index contributed by atoms with van der Waals surface area (Å²) in [5, 5.41) is 5.95. The highest BCUT2D eigenvalue weighted by Gasteiger charge is 2.24. The van der Waals surface area contributed by atoms with Crippen molar-refractivity contribution in [2.45, 2.75) is 19.6 Å². The minimum absolute atomic E-state index is 0.120. The van der Waals surface area contributed by atoms with E-state index in [1.807, 2.05) is 41.3 Å². The molecule has 1 aliphatic heterocycles. The van der Waals surface area contributed by atoms with Gasteiger partial charge in [-0.3, -0.25) is 9.78 Å². The zero-order valence-electron chi connectivity index (χ0n) is 15.7. The van der Waals surface area contributed by atoms with E-state index >= 15 is 0 Å². The number of pyridine rings is 1. The van der Waals surface area contributed by atoms with Crippen molar-refractivity contribution in [2.75, 3.05) is 6.54 Å². The third kappa shape index (κ3) is 3.45. The van der Waals surface area contributed by atoms with Crippen LogP contribution in [0.15, 0.2) is 71.5 Å². The molecule has 0 fully saturated rings. The minimum Gasteiger partial charge on any atom is -0.485 e. The van der Waals surface area contributed by atoms with E-state index in [-0.39, 0.29) is 12.5 Å². The van der Waals surface area contributed by atoms with E-state index in [9.17, 15) is 4.79 Å². The molecule has 6 nitrogen and oxygen atoms in total. The Balaban J connectivity index is 1.28. The van der Waals surface area contributed by atoms with E-state index in [4.69, 9.17) is 9.26 Å². The zero-order chi connectivity index (χ0) is 19.6. The van der Waals surface area contributed by atoms with Gasteiger partial charge in [-0.15, -0.1) is 0 Å². The fourth-order valence-electron chi connectivity index (χ4n) is 3.68. The van der Waals surface area contributed by atoms with Crippen molar-refractivity contribution >= 4 is 16.7 Å². The molecule has 0 N–H and O–H groups in total. The number of carbonyl (C=O) groups is 1. The molecule has 0 aliphatic carbocycles. The summed E-state index contributed by atoms with van der Waals surface area (Å²) in [7, 11) is 0. The Labute approximate surface area is 167 Å². The van der Waals surface area contributed by atoms with E-state index in [2.05, 4.69) is 22.3 Å². The number of fused-ring (bicyclic) bond motifs is 2. The largest absolute Gasteiger partial charge is 0.485 e. The van der Waals surface area contributed by atoms with Gasteiger partial charge in [0.25, 0.3) is 5.91 Å². The molecule has 29 heavy (non-hydrogen) atoms. The Morgan fingerprint density at radius 1 is 1.10 bits per heavy atom. The van der Waals surface area contributed by atoms with Gasteiger partial charge in [-0.25, -0.2) is 0 Å². The van der Waals surface area contributed by atoms with Crippen molar-refractivity contribution < 1.29 is 14.1 Å². The van der Waals surface area contributed by atoms with Crippen molar-refractivity contribution in [2.24, 2.45) is 0 Å². The van der Waals surface area contributed by atoms with Gasteiger partial charge < -0.3 is 14.2 Å². The Morgan fingerprint density at radius 2 is 2.00 bits per heavy atom. The molecule has 5 rings (SSSR count). The Hall–Kier alpha value is -3.67. The maximum absolute atomic E-state index is 12.8. The predicted molar refractivity (Wildman–Crippen MR) is 107 cm³/mol. The molecule has 1 aliphatic rings. The quantitative estimate of drug-likeness (QED) is 0.531. The number of hydrogen-bond donors (Lipinski definition) is 0. The summed E-state index contributed by atoms with van der Waals surface area (Å²) in [6, 6.07) is 17.6. The van der Waals surface area contributed by atoms with E-state index in [1.54, 1.807) is 18.5 Å². The van der Waals surface area contributed by atoms with Gasteiger partial charge in [0.05, 0.1) is 0 Å². The van der Waals surface area contributed by atoms with Crippen molar-refractivity contribution in [1.82, 2.24) is 15.0 Å². The molecule has 0 unspecified atom stereocenters. The van der Waals surface area contributed by atoms with Gasteiger partial charge in [-0.1, -0.05) is 41.6 Å². The lowest BCUT2D eigenvalue weighted by atomic mass is 10.00. The highest BCUT2D eigenvalue weighted by molar-refractivity contribution is 5.92. The average Bonchev–Trinajstić information content (AvgIpc) is 3.26. The van der Waals surface area contributed by atoms with Gasteiger partial charge >= 0.3 is 0 Å². The molecule has 2 aromatic heterocycles. The van der Waals surface area contributed by atoms with Crippen LogP contribution < -0.4 is 4.74 Å². The van der Waals surface area contributed by atoms with Crippen LogP contribution in [0.5, 0.6) is 5.75 Å². The van der Waals surface area contributed by atoms with Crippen molar-refractivity contribution in [3.05, 3.63) is 89.6 Å². The molecule has 4 aromatic rings.